The first-order chi connectivity index (χ1) is 19.2. The second-order valence-electron chi connectivity index (χ2n) is 8.85. The molecule has 0 amide bonds. The van der Waals surface area contributed by atoms with E-state index >= 15 is 0 Å². The van der Waals surface area contributed by atoms with Crippen LogP contribution >= 0.6 is 0 Å². The summed E-state index contributed by atoms with van der Waals surface area (Å²) in [6.45, 7) is 15.2. The zero-order valence-electron chi connectivity index (χ0n) is 24.8. The smallest absolute Gasteiger partial charge is 0.305 e. The lowest BCUT2D eigenvalue weighted by molar-refractivity contribution is -0.145. The summed E-state index contributed by atoms with van der Waals surface area (Å²) >= 11 is 0. The van der Waals surface area contributed by atoms with Crippen LogP contribution in [0.3, 0.4) is 0 Å². The lowest BCUT2D eigenvalue weighted by atomic mass is 10.2. The highest BCUT2D eigenvalue weighted by atomic mass is 16.6. The first-order valence-electron chi connectivity index (χ1n) is 14.6. The maximum Gasteiger partial charge on any atom is 0.305 e. The van der Waals surface area contributed by atoms with E-state index in [1.807, 2.05) is 13.8 Å². The maximum atomic E-state index is 11.5. The number of rotatable bonds is 33. The fourth-order valence-corrected chi connectivity index (χ4v) is 2.97. The molecule has 11 heteroatoms. The third kappa shape index (κ3) is 35.1. The van der Waals surface area contributed by atoms with E-state index in [4.69, 9.17) is 47.4 Å². The van der Waals surface area contributed by atoms with Gasteiger partial charge in [-0.2, -0.15) is 0 Å². The van der Waals surface area contributed by atoms with E-state index in [1.54, 1.807) is 0 Å². The molecule has 0 saturated carbocycles. The Balaban J connectivity index is 3.08. The maximum absolute atomic E-state index is 11.5. The summed E-state index contributed by atoms with van der Waals surface area (Å²) in [6.07, 6.45) is 5.01. The van der Waals surface area contributed by atoms with Crippen molar-refractivity contribution >= 4 is 5.97 Å². The van der Waals surface area contributed by atoms with Gasteiger partial charge in [0.1, 0.15) is 6.61 Å². The molecular formula is C28H56O11. The number of hydrogen-bond donors (Lipinski definition) is 0. The fourth-order valence-electron chi connectivity index (χ4n) is 2.97. The van der Waals surface area contributed by atoms with Crippen LogP contribution in [0.25, 0.3) is 0 Å². The van der Waals surface area contributed by atoms with Crippen molar-refractivity contribution < 1.29 is 52.2 Å². The van der Waals surface area contributed by atoms with Crippen LogP contribution in [0.1, 0.15) is 52.9 Å². The molecule has 0 aliphatic heterocycles. The Bertz CT molecular complexity index is 480. The van der Waals surface area contributed by atoms with Crippen LogP contribution in [0.15, 0.2) is 0 Å². The average molecular weight is 569 g/mol. The average Bonchev–Trinajstić information content (AvgIpc) is 2.92. The summed E-state index contributed by atoms with van der Waals surface area (Å²) in [4.78, 5) is 11.5. The molecule has 0 aliphatic rings. The van der Waals surface area contributed by atoms with Crippen LogP contribution < -0.4 is 0 Å². The molecule has 0 bridgehead atoms. The minimum absolute atomic E-state index is 0.149. The Morgan fingerprint density at radius 3 is 1.13 bits per heavy atom. The summed E-state index contributed by atoms with van der Waals surface area (Å²) in [5.41, 5.74) is 0. The Hall–Kier alpha value is -0.890. The van der Waals surface area contributed by atoms with Gasteiger partial charge in [0.15, 0.2) is 0 Å². The van der Waals surface area contributed by atoms with Crippen molar-refractivity contribution in [2.75, 3.05) is 119 Å². The molecule has 39 heavy (non-hydrogen) atoms. The van der Waals surface area contributed by atoms with Crippen LogP contribution in [0, 0.1) is 0 Å². The molecule has 0 radical (unpaired) electrons. The largest absolute Gasteiger partial charge is 0.463 e. The van der Waals surface area contributed by atoms with E-state index in [9.17, 15) is 4.79 Å². The van der Waals surface area contributed by atoms with Gasteiger partial charge in [0.05, 0.1) is 118 Å². The molecule has 0 aliphatic carbocycles. The SMILES string of the molecule is CCCCCCC(=O)OCCOCCOCCOCCOCCOCCOCCOCCOCCOC(C)C. The van der Waals surface area contributed by atoms with Crippen molar-refractivity contribution in [1.82, 2.24) is 0 Å². The van der Waals surface area contributed by atoms with E-state index in [1.165, 1.54) is 0 Å². The van der Waals surface area contributed by atoms with Crippen LogP contribution in [-0.2, 0) is 52.2 Å². The van der Waals surface area contributed by atoms with Gasteiger partial charge in [-0.1, -0.05) is 26.2 Å². The summed E-state index contributed by atoms with van der Waals surface area (Å²) in [5.74, 6) is -0.149. The van der Waals surface area contributed by atoms with Crippen molar-refractivity contribution in [2.24, 2.45) is 0 Å². The van der Waals surface area contributed by atoms with Gasteiger partial charge < -0.3 is 47.4 Å². The zero-order valence-corrected chi connectivity index (χ0v) is 24.8. The molecule has 0 N–H and O–H groups in total. The molecule has 11 nitrogen and oxygen atoms in total. The van der Waals surface area contributed by atoms with Gasteiger partial charge in [0, 0.05) is 6.42 Å². The molecule has 0 atom stereocenters. The highest BCUT2D eigenvalue weighted by molar-refractivity contribution is 5.69. The van der Waals surface area contributed by atoms with E-state index < -0.39 is 0 Å². The van der Waals surface area contributed by atoms with Gasteiger partial charge in [-0.15, -0.1) is 0 Å². The first kappa shape index (κ1) is 38.1. The molecule has 0 fully saturated rings. The highest BCUT2D eigenvalue weighted by Crippen LogP contribution is 2.03. The van der Waals surface area contributed by atoms with E-state index in [-0.39, 0.29) is 18.7 Å². The molecule has 0 rings (SSSR count). The van der Waals surface area contributed by atoms with Gasteiger partial charge in [-0.05, 0) is 20.3 Å². The second-order valence-corrected chi connectivity index (χ2v) is 8.85. The van der Waals surface area contributed by atoms with Gasteiger partial charge >= 0.3 is 5.97 Å². The molecule has 0 saturated heterocycles. The monoisotopic (exact) mass is 568 g/mol. The number of unbranched alkanes of at least 4 members (excludes halogenated alkanes) is 3. The normalized spacial score (nSPS) is 11.5. The molecule has 234 valence electrons. The Kier molecular flexibility index (Phi) is 32.6. The van der Waals surface area contributed by atoms with Crippen LogP contribution in [-0.4, -0.2) is 131 Å². The Morgan fingerprint density at radius 2 is 0.795 bits per heavy atom. The fraction of sp³-hybridized carbons (Fsp3) is 0.964. The number of carbonyl (C=O) groups excluding carboxylic acids is 1. The van der Waals surface area contributed by atoms with E-state index in [0.29, 0.717) is 119 Å². The van der Waals surface area contributed by atoms with Crippen molar-refractivity contribution in [3.05, 3.63) is 0 Å². The number of ether oxygens (including phenoxy) is 10. The van der Waals surface area contributed by atoms with Crippen molar-refractivity contribution in [3.63, 3.8) is 0 Å². The van der Waals surface area contributed by atoms with Gasteiger partial charge in [-0.3, -0.25) is 4.79 Å². The highest BCUT2D eigenvalue weighted by Gasteiger charge is 2.02. The molecular weight excluding hydrogens is 512 g/mol. The quantitative estimate of drug-likeness (QED) is 0.0861. The van der Waals surface area contributed by atoms with Crippen LogP contribution in [0.4, 0.5) is 0 Å². The van der Waals surface area contributed by atoms with Gasteiger partial charge in [0.2, 0.25) is 0 Å². The Labute approximate surface area is 236 Å². The zero-order chi connectivity index (χ0) is 28.5. The summed E-state index contributed by atoms with van der Waals surface area (Å²) < 4.78 is 54.0. The van der Waals surface area contributed by atoms with Crippen molar-refractivity contribution in [3.8, 4) is 0 Å². The number of hydrogen-bond acceptors (Lipinski definition) is 11. The molecule has 0 unspecified atom stereocenters. The molecule has 0 heterocycles. The molecule has 0 aromatic heterocycles. The molecule has 0 aromatic rings. The van der Waals surface area contributed by atoms with Gasteiger partial charge in [0.25, 0.3) is 0 Å². The summed E-state index contributed by atoms with van der Waals surface area (Å²) in [6, 6.07) is 0. The van der Waals surface area contributed by atoms with Crippen LogP contribution in [0.5, 0.6) is 0 Å². The third-order valence-electron chi connectivity index (χ3n) is 5.01. The minimum Gasteiger partial charge on any atom is -0.463 e. The van der Waals surface area contributed by atoms with E-state index in [0.717, 1.165) is 25.7 Å². The van der Waals surface area contributed by atoms with Gasteiger partial charge in [-0.25, -0.2) is 0 Å². The van der Waals surface area contributed by atoms with Crippen molar-refractivity contribution in [2.45, 2.75) is 59.0 Å². The number of carbonyl (C=O) groups is 1. The topological polar surface area (TPSA) is 109 Å². The van der Waals surface area contributed by atoms with Crippen molar-refractivity contribution in [1.29, 1.82) is 0 Å². The first-order valence-corrected chi connectivity index (χ1v) is 14.6. The predicted molar refractivity (Wildman–Crippen MR) is 147 cm³/mol. The lowest BCUT2D eigenvalue weighted by Crippen LogP contribution is -2.15. The minimum atomic E-state index is -0.149. The summed E-state index contributed by atoms with van der Waals surface area (Å²) in [7, 11) is 0. The standard InChI is InChI=1S/C28H56O11/c1-4-5-6-7-8-28(29)39-26-24-37-22-20-35-18-16-33-14-12-31-10-9-30-11-13-32-15-17-34-19-21-36-23-25-38-27(2)3/h27H,4-26H2,1-3H3. The molecule has 0 spiro atoms. The summed E-state index contributed by atoms with van der Waals surface area (Å²) in [5, 5.41) is 0. The van der Waals surface area contributed by atoms with Crippen LogP contribution in [0.2, 0.25) is 0 Å². The Morgan fingerprint density at radius 1 is 0.462 bits per heavy atom. The van der Waals surface area contributed by atoms with E-state index in [2.05, 4.69) is 6.92 Å². The predicted octanol–water partition coefficient (Wildman–Crippen LogP) is 3.06. The number of esters is 1. The molecule has 0 aromatic carbocycles. The third-order valence-corrected chi connectivity index (χ3v) is 5.01. The lowest BCUT2D eigenvalue weighted by Gasteiger charge is -2.09. The second kappa shape index (κ2) is 33.3.